The molecule has 2 saturated heterocycles. The molecule has 0 radical (unpaired) electrons. The molecule has 2 heterocycles. The first-order chi connectivity index (χ1) is 11.0. The van der Waals surface area contributed by atoms with Crippen molar-refractivity contribution in [2.45, 2.75) is 41.0 Å². The predicted octanol–water partition coefficient (Wildman–Crippen LogP) is -2.66. The van der Waals surface area contributed by atoms with Crippen LogP contribution in [-0.4, -0.2) is 47.5 Å². The summed E-state index contributed by atoms with van der Waals surface area (Å²) in [6.45, 7) is 3.34. The van der Waals surface area contributed by atoms with Crippen LogP contribution < -0.4 is 34.7 Å². The van der Waals surface area contributed by atoms with Crippen LogP contribution in [0.1, 0.15) is 13.8 Å². The Hall–Kier alpha value is -0.100. The van der Waals surface area contributed by atoms with E-state index in [4.69, 9.17) is 4.18 Å². The van der Waals surface area contributed by atoms with Gasteiger partial charge in [0.1, 0.15) is 5.37 Å². The molecule has 2 aliphatic rings. The molecule has 0 unspecified atom stereocenters. The summed E-state index contributed by atoms with van der Waals surface area (Å²) < 4.78 is 29.6. The second-order valence-corrected chi connectivity index (χ2v) is 10.3. The fraction of sp³-hybridized carbons (Fsp3) is 0.429. The Morgan fingerprint density at radius 2 is 1.88 bits per heavy atom. The minimum atomic E-state index is -4.13. The second kappa shape index (κ2) is 7.14. The first kappa shape index (κ1) is 21.2. The number of carboxylic acids is 1. The first-order valence-corrected chi connectivity index (χ1v) is 10.0. The number of carboxylic acid groups (broad SMARTS) is 1. The number of β-lactam (4-membered cyclic amide) rings is 1. The molecule has 0 bridgehead atoms. The van der Waals surface area contributed by atoms with Gasteiger partial charge in [-0.05, 0) is 38.1 Å². The molecule has 2 aliphatic heterocycles. The maximum atomic E-state index is 12.3. The number of benzene rings is 1. The van der Waals surface area contributed by atoms with Gasteiger partial charge in [-0.2, -0.15) is 8.42 Å². The van der Waals surface area contributed by atoms with E-state index in [1.54, 1.807) is 26.0 Å². The van der Waals surface area contributed by atoms with E-state index >= 15 is 0 Å². The third-order valence-electron chi connectivity index (χ3n) is 3.95. The molecule has 1 amide bonds. The van der Waals surface area contributed by atoms with Crippen LogP contribution in [0, 0.1) is 0 Å². The summed E-state index contributed by atoms with van der Waals surface area (Å²) in [5.74, 6) is -2.02. The summed E-state index contributed by atoms with van der Waals surface area (Å²) in [5.41, 5.74) is 0. The third kappa shape index (κ3) is 3.67. The SMILES string of the molecule is CC1(C)S[C@@H]2[C@H](OS(=O)(=O)c3ccc(Br)cc3)C(=O)N2[C@H]1C(=O)[O-].[Na+]. The predicted molar refractivity (Wildman–Crippen MR) is 87.3 cm³/mol. The van der Waals surface area contributed by atoms with E-state index in [9.17, 15) is 23.1 Å². The van der Waals surface area contributed by atoms with Gasteiger partial charge in [-0.3, -0.25) is 4.79 Å². The number of carbonyl (C=O) groups is 2. The maximum Gasteiger partial charge on any atom is 1.00 e. The van der Waals surface area contributed by atoms with E-state index in [-0.39, 0.29) is 34.5 Å². The number of halogens is 1. The van der Waals surface area contributed by atoms with Gasteiger partial charge in [-0.15, -0.1) is 11.8 Å². The fourth-order valence-electron chi connectivity index (χ4n) is 2.84. The molecule has 130 valence electrons. The molecule has 2 fully saturated rings. The number of hydrogen-bond acceptors (Lipinski definition) is 7. The molecule has 1 aromatic carbocycles. The third-order valence-corrected chi connectivity index (χ3v) is 7.33. The zero-order chi connectivity index (χ0) is 17.9. The van der Waals surface area contributed by atoms with Crippen molar-refractivity contribution in [3.05, 3.63) is 28.7 Å². The van der Waals surface area contributed by atoms with Crippen LogP contribution >= 0.6 is 27.7 Å². The number of thioether (sulfide) groups is 1. The van der Waals surface area contributed by atoms with Crippen LogP contribution in [0.15, 0.2) is 33.6 Å². The first-order valence-electron chi connectivity index (χ1n) is 6.94. The quantitative estimate of drug-likeness (QED) is 0.276. The summed E-state index contributed by atoms with van der Waals surface area (Å²) in [7, 11) is -4.13. The number of rotatable bonds is 4. The molecule has 0 aliphatic carbocycles. The zero-order valence-corrected chi connectivity index (χ0v) is 18.9. The molecule has 0 N–H and O–H groups in total. The van der Waals surface area contributed by atoms with E-state index in [2.05, 4.69) is 15.9 Å². The van der Waals surface area contributed by atoms with Gasteiger partial charge in [0.15, 0.2) is 6.10 Å². The van der Waals surface area contributed by atoms with Gasteiger partial charge in [0.2, 0.25) is 0 Å². The van der Waals surface area contributed by atoms with E-state index in [1.807, 2.05) is 0 Å². The van der Waals surface area contributed by atoms with Crippen molar-refractivity contribution in [1.29, 1.82) is 0 Å². The Morgan fingerprint density at radius 1 is 1.32 bits per heavy atom. The standard InChI is InChI=1S/C14H14BrNO6S2.Na/c1-14(2)10(13(18)19)16-11(17)9(12(16)23-14)22-24(20,21)8-5-3-7(15)4-6-8;/h3-6,9-10,12H,1-2H3,(H,18,19);/q;+1/p-1/t9-,10+,12-;/m1./s1. The van der Waals surface area contributed by atoms with E-state index in [0.717, 1.165) is 4.90 Å². The monoisotopic (exact) mass is 457 g/mol. The summed E-state index contributed by atoms with van der Waals surface area (Å²) in [6, 6.07) is 4.69. The van der Waals surface area contributed by atoms with Crippen LogP contribution in [0.5, 0.6) is 0 Å². The van der Waals surface area contributed by atoms with Gasteiger partial charge in [-0.25, -0.2) is 4.18 Å². The van der Waals surface area contributed by atoms with Gasteiger partial charge in [-0.1, -0.05) is 15.9 Å². The molecule has 7 nitrogen and oxygen atoms in total. The smallest absolute Gasteiger partial charge is 0.548 e. The number of nitrogens with zero attached hydrogens (tertiary/aromatic N) is 1. The molecule has 11 heteroatoms. The average molecular weight is 458 g/mol. The molecule has 3 rings (SSSR count). The Kier molecular flexibility index (Phi) is 6.05. The fourth-order valence-corrected chi connectivity index (χ4v) is 5.81. The van der Waals surface area contributed by atoms with E-state index in [0.29, 0.717) is 4.47 Å². The van der Waals surface area contributed by atoms with Crippen LogP contribution in [0.3, 0.4) is 0 Å². The summed E-state index contributed by atoms with van der Waals surface area (Å²) in [6.07, 6.45) is -1.23. The van der Waals surface area contributed by atoms with Gasteiger partial charge in [0.25, 0.3) is 16.0 Å². The summed E-state index contributed by atoms with van der Waals surface area (Å²) in [5, 5.41) is 10.6. The summed E-state index contributed by atoms with van der Waals surface area (Å²) in [4.78, 5) is 24.6. The molecule has 25 heavy (non-hydrogen) atoms. The Balaban J connectivity index is 0.00000225. The molecular weight excluding hydrogens is 445 g/mol. The van der Waals surface area contributed by atoms with Crippen molar-refractivity contribution in [2.24, 2.45) is 0 Å². The van der Waals surface area contributed by atoms with E-state index in [1.165, 1.54) is 23.9 Å². The van der Waals surface area contributed by atoms with Crippen molar-refractivity contribution in [3.8, 4) is 0 Å². The normalized spacial score (nSPS) is 27.2. The number of fused-ring (bicyclic) bond motifs is 1. The molecule has 0 aromatic heterocycles. The Labute approximate surface area is 180 Å². The molecule has 0 saturated carbocycles. The van der Waals surface area contributed by atoms with Crippen molar-refractivity contribution >= 4 is 49.7 Å². The zero-order valence-electron chi connectivity index (χ0n) is 13.6. The molecule has 1 aromatic rings. The van der Waals surface area contributed by atoms with Gasteiger partial charge in [0.05, 0.1) is 16.9 Å². The van der Waals surface area contributed by atoms with Gasteiger partial charge >= 0.3 is 29.6 Å². The van der Waals surface area contributed by atoms with E-state index < -0.39 is 44.3 Å². The van der Waals surface area contributed by atoms with Crippen LogP contribution in [0.2, 0.25) is 0 Å². The Morgan fingerprint density at radius 3 is 2.40 bits per heavy atom. The number of aliphatic carboxylic acids is 1. The van der Waals surface area contributed by atoms with Crippen LogP contribution in [0.4, 0.5) is 0 Å². The minimum Gasteiger partial charge on any atom is -0.548 e. The van der Waals surface area contributed by atoms with Crippen LogP contribution in [0.25, 0.3) is 0 Å². The number of hydrogen-bond donors (Lipinski definition) is 0. The molecular formula is C14H13BrNNaO6S2. The molecule has 0 spiro atoms. The topological polar surface area (TPSA) is 104 Å². The average Bonchev–Trinajstić information content (AvgIpc) is 2.74. The summed E-state index contributed by atoms with van der Waals surface area (Å²) >= 11 is 4.40. The van der Waals surface area contributed by atoms with Crippen molar-refractivity contribution < 1.29 is 56.9 Å². The van der Waals surface area contributed by atoms with Crippen molar-refractivity contribution in [1.82, 2.24) is 4.90 Å². The van der Waals surface area contributed by atoms with Crippen molar-refractivity contribution in [3.63, 3.8) is 0 Å². The van der Waals surface area contributed by atoms with Gasteiger partial charge < -0.3 is 14.8 Å². The maximum absolute atomic E-state index is 12.3. The van der Waals surface area contributed by atoms with Gasteiger partial charge in [0, 0.05) is 9.22 Å². The minimum absolute atomic E-state index is 0. The number of carbonyl (C=O) groups excluding carboxylic acids is 2. The van der Waals surface area contributed by atoms with Crippen LogP contribution in [-0.2, 0) is 23.9 Å². The van der Waals surface area contributed by atoms with Crippen molar-refractivity contribution in [2.75, 3.05) is 0 Å². The number of amides is 1. The molecule has 3 atom stereocenters. The largest absolute Gasteiger partial charge is 1.00 e. The second-order valence-electron chi connectivity index (χ2n) is 6.00. The Bertz CT molecular complexity index is 813.